The second-order valence-electron chi connectivity index (χ2n) is 5.60. The number of sulfonamides is 1. The summed E-state index contributed by atoms with van der Waals surface area (Å²) in [6.45, 7) is 2.61. The topological polar surface area (TPSA) is 104 Å². The highest BCUT2D eigenvalue weighted by atomic mass is 35.5. The number of nitrogens with zero attached hydrogens (tertiary/aromatic N) is 4. The summed E-state index contributed by atoms with van der Waals surface area (Å²) >= 11 is 6.11. The normalized spacial score (nSPS) is 15.3. The molecule has 2 heterocycles. The number of nitrogens with one attached hydrogen (secondary N) is 1. The Morgan fingerprint density at radius 2 is 1.76 bits per heavy atom. The predicted octanol–water partition coefficient (Wildman–Crippen LogP) is 1.15. The van der Waals surface area contributed by atoms with Crippen LogP contribution in [0.5, 0.6) is 0 Å². The van der Waals surface area contributed by atoms with Crippen LogP contribution in [0.15, 0.2) is 35.5 Å². The maximum absolute atomic E-state index is 11.8. The molecule has 1 fully saturated rings. The van der Waals surface area contributed by atoms with Crippen LogP contribution in [-0.4, -0.2) is 51.6 Å². The van der Waals surface area contributed by atoms with Crippen molar-refractivity contribution in [1.29, 1.82) is 0 Å². The molecule has 134 valence electrons. The Morgan fingerprint density at radius 1 is 1.12 bits per heavy atom. The molecule has 1 saturated heterocycles. The van der Waals surface area contributed by atoms with Crippen molar-refractivity contribution in [1.82, 2.24) is 9.97 Å². The van der Waals surface area contributed by atoms with Crippen molar-refractivity contribution in [2.24, 2.45) is 5.14 Å². The van der Waals surface area contributed by atoms with Crippen LogP contribution in [0.3, 0.4) is 0 Å². The molecule has 2 aromatic rings. The maximum Gasteiger partial charge on any atom is 0.240 e. The van der Waals surface area contributed by atoms with Gasteiger partial charge in [-0.15, -0.1) is 0 Å². The zero-order valence-corrected chi connectivity index (χ0v) is 15.3. The van der Waals surface area contributed by atoms with Crippen LogP contribution in [-0.2, 0) is 10.0 Å². The fraction of sp³-hybridized carbons (Fsp3) is 0.333. The molecule has 25 heavy (non-hydrogen) atoms. The number of piperazine rings is 1. The zero-order chi connectivity index (χ0) is 18.0. The van der Waals surface area contributed by atoms with Crippen molar-refractivity contribution in [2.45, 2.75) is 4.90 Å². The molecule has 3 N–H and O–H groups in total. The average Bonchev–Trinajstić information content (AvgIpc) is 2.61. The Kier molecular flexibility index (Phi) is 4.98. The first-order chi connectivity index (χ1) is 11.9. The number of rotatable bonds is 4. The lowest BCUT2D eigenvalue weighted by Gasteiger charge is -2.37. The minimum atomic E-state index is -3.77. The lowest BCUT2D eigenvalue weighted by atomic mass is 10.2. The molecular weight excluding hydrogens is 364 g/mol. The average molecular weight is 383 g/mol. The second-order valence-corrected chi connectivity index (χ2v) is 7.49. The summed E-state index contributed by atoms with van der Waals surface area (Å²) in [5.41, 5.74) is 1.31. The van der Waals surface area contributed by atoms with Gasteiger partial charge in [0.1, 0.15) is 16.9 Å². The SMILES string of the molecule is CNc1c(Cl)ncnc1N1CCN(c2ccccc2S(N)(=O)=O)CC1. The molecule has 0 amide bonds. The molecule has 0 atom stereocenters. The van der Waals surface area contributed by atoms with Gasteiger partial charge in [0.05, 0.1) is 5.69 Å². The van der Waals surface area contributed by atoms with Crippen LogP contribution in [0.1, 0.15) is 0 Å². The van der Waals surface area contributed by atoms with Gasteiger partial charge in [-0.05, 0) is 12.1 Å². The summed E-state index contributed by atoms with van der Waals surface area (Å²) in [7, 11) is -2.00. The van der Waals surface area contributed by atoms with Crippen LogP contribution in [0.25, 0.3) is 0 Å². The molecule has 0 unspecified atom stereocenters. The fourth-order valence-electron chi connectivity index (χ4n) is 2.93. The molecule has 1 aliphatic rings. The number of benzene rings is 1. The summed E-state index contributed by atoms with van der Waals surface area (Å²) in [5.74, 6) is 0.738. The number of hydrogen-bond acceptors (Lipinski definition) is 7. The molecule has 0 aliphatic carbocycles. The van der Waals surface area contributed by atoms with E-state index in [1.165, 1.54) is 12.4 Å². The standard InChI is InChI=1S/C15H19ClN6O2S/c1-18-13-14(16)19-10-20-15(13)22-8-6-21(7-9-22)11-4-2-3-5-12(11)25(17,23)24/h2-5,10,18H,6-9H2,1H3,(H2,17,23,24). The van der Waals surface area contributed by atoms with E-state index in [2.05, 4.69) is 20.2 Å². The van der Waals surface area contributed by atoms with Gasteiger partial charge in [0, 0.05) is 33.2 Å². The Balaban J connectivity index is 1.81. The van der Waals surface area contributed by atoms with Crippen LogP contribution in [0.4, 0.5) is 17.2 Å². The van der Waals surface area contributed by atoms with Crippen molar-refractivity contribution in [3.05, 3.63) is 35.7 Å². The third kappa shape index (κ3) is 3.63. The Bertz CT molecular complexity index is 868. The molecule has 0 radical (unpaired) electrons. The molecule has 0 bridgehead atoms. The van der Waals surface area contributed by atoms with Crippen molar-refractivity contribution >= 4 is 38.8 Å². The van der Waals surface area contributed by atoms with Crippen molar-refractivity contribution in [3.8, 4) is 0 Å². The van der Waals surface area contributed by atoms with Crippen LogP contribution >= 0.6 is 11.6 Å². The third-order valence-corrected chi connectivity index (χ3v) is 5.37. The van der Waals surface area contributed by atoms with Gasteiger partial charge in [0.15, 0.2) is 11.0 Å². The summed E-state index contributed by atoms with van der Waals surface area (Å²) in [6.07, 6.45) is 1.43. The molecule has 0 spiro atoms. The maximum atomic E-state index is 11.8. The van der Waals surface area contributed by atoms with E-state index in [0.29, 0.717) is 42.7 Å². The quantitative estimate of drug-likeness (QED) is 0.764. The molecular formula is C15H19ClN6O2S. The summed E-state index contributed by atoms with van der Waals surface area (Å²) < 4.78 is 23.6. The van der Waals surface area contributed by atoms with E-state index < -0.39 is 10.0 Å². The Hall–Kier alpha value is -2.10. The Morgan fingerprint density at radius 3 is 2.40 bits per heavy atom. The fourth-order valence-corrected chi connectivity index (χ4v) is 3.91. The lowest BCUT2D eigenvalue weighted by molar-refractivity contribution is 0.595. The third-order valence-electron chi connectivity index (χ3n) is 4.12. The second kappa shape index (κ2) is 7.03. The van der Waals surface area contributed by atoms with E-state index in [9.17, 15) is 8.42 Å². The van der Waals surface area contributed by atoms with Gasteiger partial charge in [0.25, 0.3) is 0 Å². The largest absolute Gasteiger partial charge is 0.383 e. The number of para-hydroxylation sites is 1. The number of halogens is 1. The molecule has 1 aromatic heterocycles. The van der Waals surface area contributed by atoms with Gasteiger partial charge in [0.2, 0.25) is 10.0 Å². The van der Waals surface area contributed by atoms with E-state index in [-0.39, 0.29) is 4.90 Å². The molecule has 1 aromatic carbocycles. The highest BCUT2D eigenvalue weighted by molar-refractivity contribution is 7.89. The van der Waals surface area contributed by atoms with Gasteiger partial charge in [-0.3, -0.25) is 0 Å². The first-order valence-corrected chi connectivity index (χ1v) is 9.64. The predicted molar refractivity (Wildman–Crippen MR) is 98.8 cm³/mol. The van der Waals surface area contributed by atoms with Gasteiger partial charge in [-0.1, -0.05) is 23.7 Å². The van der Waals surface area contributed by atoms with Crippen molar-refractivity contribution in [2.75, 3.05) is 48.3 Å². The van der Waals surface area contributed by atoms with Gasteiger partial charge < -0.3 is 15.1 Å². The molecule has 0 saturated carbocycles. The monoisotopic (exact) mass is 382 g/mol. The number of hydrogen-bond donors (Lipinski definition) is 2. The first-order valence-electron chi connectivity index (χ1n) is 7.72. The molecule has 3 rings (SSSR count). The summed E-state index contributed by atoms with van der Waals surface area (Å²) in [6, 6.07) is 6.78. The molecule has 10 heteroatoms. The van der Waals surface area contributed by atoms with E-state index in [1.807, 2.05) is 4.90 Å². The number of primary sulfonamides is 1. The molecule has 1 aliphatic heterocycles. The van der Waals surface area contributed by atoms with Gasteiger partial charge in [-0.2, -0.15) is 0 Å². The summed E-state index contributed by atoms with van der Waals surface area (Å²) in [5, 5.41) is 8.73. The molecule has 8 nitrogen and oxygen atoms in total. The van der Waals surface area contributed by atoms with E-state index in [0.717, 1.165) is 5.82 Å². The first kappa shape index (κ1) is 17.7. The minimum Gasteiger partial charge on any atom is -0.383 e. The van der Waals surface area contributed by atoms with Crippen LogP contribution < -0.4 is 20.3 Å². The number of aromatic nitrogens is 2. The van der Waals surface area contributed by atoms with Gasteiger partial charge >= 0.3 is 0 Å². The van der Waals surface area contributed by atoms with Crippen LogP contribution in [0, 0.1) is 0 Å². The van der Waals surface area contributed by atoms with E-state index >= 15 is 0 Å². The minimum absolute atomic E-state index is 0.143. The Labute approximate surface area is 151 Å². The van der Waals surface area contributed by atoms with E-state index in [1.54, 1.807) is 25.2 Å². The van der Waals surface area contributed by atoms with E-state index in [4.69, 9.17) is 16.7 Å². The van der Waals surface area contributed by atoms with Crippen LogP contribution in [0.2, 0.25) is 5.15 Å². The van der Waals surface area contributed by atoms with Gasteiger partial charge in [-0.25, -0.2) is 23.5 Å². The highest BCUT2D eigenvalue weighted by Crippen LogP contribution is 2.31. The highest BCUT2D eigenvalue weighted by Gasteiger charge is 2.25. The zero-order valence-electron chi connectivity index (χ0n) is 13.7. The van der Waals surface area contributed by atoms with Crippen molar-refractivity contribution in [3.63, 3.8) is 0 Å². The number of anilines is 3. The smallest absolute Gasteiger partial charge is 0.240 e. The number of nitrogens with two attached hydrogens (primary N) is 1. The van der Waals surface area contributed by atoms with Crippen molar-refractivity contribution < 1.29 is 8.42 Å². The lowest BCUT2D eigenvalue weighted by Crippen LogP contribution is -2.47. The summed E-state index contributed by atoms with van der Waals surface area (Å²) in [4.78, 5) is 12.6.